The smallest absolute Gasteiger partial charge is 0.239 e. The molecule has 2 fully saturated rings. The highest BCUT2D eigenvalue weighted by Gasteiger charge is 2.65. The molecule has 2 aliphatic heterocycles. The molecule has 6 rings (SSSR count). The lowest BCUT2D eigenvalue weighted by atomic mass is 9.55. The number of carbonyl (C=O) groups excluding carboxylic acids is 1. The molecule has 2 heterocycles. The van der Waals surface area contributed by atoms with Crippen LogP contribution in [-0.4, -0.2) is 115 Å². The average molecular weight is 977 g/mol. The predicted octanol–water partition coefficient (Wildman–Crippen LogP) is 10.8. The molecule has 1 amide bonds. The van der Waals surface area contributed by atoms with Gasteiger partial charge in [-0.3, -0.25) is 4.79 Å². The molecule has 1 saturated heterocycles. The van der Waals surface area contributed by atoms with Crippen LogP contribution in [-0.2, 0) is 23.8 Å². The van der Waals surface area contributed by atoms with Crippen LogP contribution in [0.3, 0.4) is 0 Å². The molecule has 3 N–H and O–H groups in total. The van der Waals surface area contributed by atoms with E-state index in [0.717, 1.165) is 92.6 Å². The molecule has 7 atom stereocenters. The number of oxime groups is 1. The Balaban J connectivity index is 1.44. The van der Waals surface area contributed by atoms with Gasteiger partial charge in [0.25, 0.3) is 0 Å². The zero-order valence-corrected chi connectivity index (χ0v) is 42.5. The van der Waals surface area contributed by atoms with Crippen LogP contribution in [0.2, 0.25) is 0 Å². The zero-order chi connectivity index (χ0) is 48.5. The third-order valence-electron chi connectivity index (χ3n) is 14.3. The summed E-state index contributed by atoms with van der Waals surface area (Å²) in [7, 11) is 0. The van der Waals surface area contributed by atoms with Crippen molar-refractivity contribution in [2.75, 3.05) is 65.2 Å². The molecule has 0 aromatic heterocycles. The maximum absolute atomic E-state index is 15.0. The Morgan fingerprint density at radius 1 is 0.899 bits per heavy atom. The Labute approximate surface area is 417 Å². The molecule has 2 aliphatic carbocycles. The number of thioether (sulfide) groups is 1. The van der Waals surface area contributed by atoms with Gasteiger partial charge in [0.05, 0.1) is 51.3 Å². The van der Waals surface area contributed by atoms with Gasteiger partial charge < -0.3 is 48.7 Å². The number of hydrogen-bond donors (Lipinski definition) is 3. The van der Waals surface area contributed by atoms with E-state index in [2.05, 4.69) is 37.8 Å². The minimum Gasteiger partial charge on any atom is -0.493 e. The van der Waals surface area contributed by atoms with E-state index in [1.807, 2.05) is 35.2 Å². The summed E-state index contributed by atoms with van der Waals surface area (Å²) in [5.41, 5.74) is 2.76. The summed E-state index contributed by atoms with van der Waals surface area (Å²) in [5, 5.41) is 34.8. The molecular formula is C56H84N2O10S. The van der Waals surface area contributed by atoms with Gasteiger partial charge in [0.15, 0.2) is 0 Å². The van der Waals surface area contributed by atoms with Crippen molar-refractivity contribution in [3.63, 3.8) is 0 Å². The maximum atomic E-state index is 15.0. The minimum absolute atomic E-state index is 0.000636. The second-order valence-electron chi connectivity index (χ2n) is 19.2. The lowest BCUT2D eigenvalue weighted by Gasteiger charge is -2.60. The van der Waals surface area contributed by atoms with Gasteiger partial charge in [0, 0.05) is 61.2 Å². The summed E-state index contributed by atoms with van der Waals surface area (Å²) in [6, 6.07) is 15.8. The van der Waals surface area contributed by atoms with E-state index in [4.69, 9.17) is 33.7 Å². The first-order valence-electron chi connectivity index (χ1n) is 26.6. The first-order chi connectivity index (χ1) is 34.0. The lowest BCUT2D eigenvalue weighted by molar-refractivity contribution is -0.258. The van der Waals surface area contributed by atoms with Crippen LogP contribution in [0.15, 0.2) is 82.9 Å². The third-order valence-corrected chi connectivity index (χ3v) is 15.3. The highest BCUT2D eigenvalue weighted by molar-refractivity contribution is 7.99. The highest BCUT2D eigenvalue weighted by Crippen LogP contribution is 2.62. The molecule has 0 spiro atoms. The predicted molar refractivity (Wildman–Crippen MR) is 274 cm³/mol. The number of ether oxygens (including phenoxy) is 5. The van der Waals surface area contributed by atoms with Crippen LogP contribution in [0, 0.1) is 17.8 Å². The number of rotatable bonds is 34. The SMILES string of the molecule is C=CCO[C@@]12Oc3ccc(OCCSc4ccccc4)cc3[C@H]3[C@H](CCCCO)[C@@H](CCCCO)C=C(C(=NOC4CCCCO4)C[C@@H]1N(CCOCCO)C(=O)CCCCCCCCCCC)[C@H]32. The quantitative estimate of drug-likeness (QED) is 0.0266. The number of hydrogen-bond acceptors (Lipinski definition) is 12. The number of aliphatic hydroxyl groups excluding tert-OH is 3. The first-order valence-corrected chi connectivity index (χ1v) is 27.6. The number of benzene rings is 2. The molecule has 0 radical (unpaired) electrons. The van der Waals surface area contributed by atoms with Gasteiger partial charge >= 0.3 is 0 Å². The molecular weight excluding hydrogens is 893 g/mol. The van der Waals surface area contributed by atoms with Crippen molar-refractivity contribution in [1.82, 2.24) is 4.90 Å². The summed E-state index contributed by atoms with van der Waals surface area (Å²) in [4.78, 5) is 24.5. The first kappa shape index (κ1) is 54.9. The van der Waals surface area contributed by atoms with Crippen LogP contribution in [0.1, 0.15) is 147 Å². The van der Waals surface area contributed by atoms with Crippen molar-refractivity contribution in [2.45, 2.75) is 164 Å². The molecule has 1 unspecified atom stereocenters. The molecule has 0 bridgehead atoms. The number of allylic oxidation sites excluding steroid dienone is 1. The minimum atomic E-state index is -1.37. The number of amides is 1. The van der Waals surface area contributed by atoms with Crippen LogP contribution < -0.4 is 9.47 Å². The van der Waals surface area contributed by atoms with E-state index in [-0.39, 0.29) is 69.8 Å². The highest BCUT2D eigenvalue weighted by atomic mass is 32.2. The number of aliphatic hydroxyl groups is 3. The summed E-state index contributed by atoms with van der Waals surface area (Å²) in [6.45, 7) is 8.41. The number of unbranched alkanes of at least 4 members (excludes halogenated alkanes) is 10. The van der Waals surface area contributed by atoms with E-state index in [1.54, 1.807) is 17.8 Å². The van der Waals surface area contributed by atoms with Crippen LogP contribution in [0.25, 0.3) is 0 Å². The van der Waals surface area contributed by atoms with Crippen molar-refractivity contribution in [3.8, 4) is 11.5 Å². The summed E-state index contributed by atoms with van der Waals surface area (Å²) < 4.78 is 33.2. The molecule has 4 aliphatic rings. The van der Waals surface area contributed by atoms with Gasteiger partial charge in [-0.05, 0) is 92.7 Å². The largest absolute Gasteiger partial charge is 0.493 e. The van der Waals surface area contributed by atoms with E-state index in [9.17, 15) is 15.3 Å². The molecule has 69 heavy (non-hydrogen) atoms. The normalized spacial score (nSPS) is 24.5. The van der Waals surface area contributed by atoms with Gasteiger partial charge in [0.2, 0.25) is 18.0 Å². The van der Waals surface area contributed by atoms with Crippen molar-refractivity contribution in [1.29, 1.82) is 0 Å². The Bertz CT molecular complexity index is 1860. The number of fused-ring (bicyclic) bond motifs is 2. The third kappa shape index (κ3) is 15.8. The zero-order valence-electron chi connectivity index (χ0n) is 41.7. The van der Waals surface area contributed by atoms with Crippen LogP contribution in [0.4, 0.5) is 0 Å². The second kappa shape index (κ2) is 30.5. The fourth-order valence-corrected chi connectivity index (χ4v) is 11.8. The molecule has 2 aromatic carbocycles. The lowest BCUT2D eigenvalue weighted by Crippen LogP contribution is -2.70. The number of carbonyl (C=O) groups is 1. The molecule has 384 valence electrons. The van der Waals surface area contributed by atoms with Crippen molar-refractivity contribution >= 4 is 23.4 Å². The van der Waals surface area contributed by atoms with Gasteiger partial charge in [-0.2, -0.15) is 0 Å². The molecule has 12 nitrogen and oxygen atoms in total. The van der Waals surface area contributed by atoms with E-state index in [0.29, 0.717) is 44.6 Å². The Kier molecular flexibility index (Phi) is 24.2. The second-order valence-corrected chi connectivity index (χ2v) is 20.4. The van der Waals surface area contributed by atoms with Gasteiger partial charge in [0.1, 0.15) is 17.5 Å². The van der Waals surface area contributed by atoms with E-state index in [1.165, 1.54) is 43.4 Å². The fraction of sp³-hybridized carbons (Fsp3) is 0.679. The monoisotopic (exact) mass is 977 g/mol. The van der Waals surface area contributed by atoms with Crippen molar-refractivity contribution < 1.29 is 48.6 Å². The Hall–Kier alpha value is -3.43. The van der Waals surface area contributed by atoms with Crippen molar-refractivity contribution in [3.05, 3.63) is 78.4 Å². The van der Waals surface area contributed by atoms with E-state index >= 15 is 4.79 Å². The Morgan fingerprint density at radius 2 is 1.67 bits per heavy atom. The van der Waals surface area contributed by atoms with E-state index < -0.39 is 24.0 Å². The molecule has 2 aromatic rings. The van der Waals surface area contributed by atoms with Crippen LogP contribution >= 0.6 is 11.8 Å². The summed E-state index contributed by atoms with van der Waals surface area (Å²) in [6.07, 6.45) is 22.1. The summed E-state index contributed by atoms with van der Waals surface area (Å²) in [5.74, 6) is 0.440. The Morgan fingerprint density at radius 3 is 2.39 bits per heavy atom. The van der Waals surface area contributed by atoms with Gasteiger partial charge in [-0.1, -0.05) is 107 Å². The molecule has 1 saturated carbocycles. The molecule has 13 heteroatoms. The topological polar surface area (TPSA) is 149 Å². The van der Waals surface area contributed by atoms with Gasteiger partial charge in [-0.15, -0.1) is 18.3 Å². The van der Waals surface area contributed by atoms with Crippen molar-refractivity contribution in [2.24, 2.45) is 22.9 Å². The summed E-state index contributed by atoms with van der Waals surface area (Å²) >= 11 is 1.76. The average Bonchev–Trinajstić information content (AvgIpc) is 3.37. The van der Waals surface area contributed by atoms with Crippen LogP contribution in [0.5, 0.6) is 11.5 Å². The standard InChI is InChI=1S/C56H84N2O10S/c1-3-5-6-7-8-9-10-11-15-26-52(62)58(30-36-63-37-33-61)51-42-49(57-68-53-27-18-21-35-65-53)47-40-43(22-16-19-31-59)46(25-17-20-32-60)54-48-41-44(64-38-39-69-45-23-13-12-14-24-45)28-29-50(48)67-56(51,55(47)54)66-34-4-2/h4,12-14,23-24,28-29,40-41,43,46,51,53-55,59-61H,2-3,5-11,15-22,25-27,30-39,42H2,1H3/t43-,46+,51-,53?,54+,55+,56+/m0/s1. The maximum Gasteiger partial charge on any atom is 0.239 e. The number of nitrogens with zero attached hydrogens (tertiary/aromatic N) is 2. The fourth-order valence-electron chi connectivity index (χ4n) is 11.0. The van der Waals surface area contributed by atoms with Gasteiger partial charge in [-0.25, -0.2) is 0 Å².